The number of aliphatic imine (C=N–C) groups is 1. The summed E-state index contributed by atoms with van der Waals surface area (Å²) in [5.41, 5.74) is 0.903. The minimum absolute atomic E-state index is 0.239. The minimum Gasteiger partial charge on any atom is -0.355 e. The summed E-state index contributed by atoms with van der Waals surface area (Å²) in [6.45, 7) is 0.588. The summed E-state index contributed by atoms with van der Waals surface area (Å²) in [6, 6.07) is 6.42. The first kappa shape index (κ1) is 12.0. The van der Waals surface area contributed by atoms with Crippen molar-refractivity contribution in [3.8, 4) is 6.19 Å². The van der Waals surface area contributed by atoms with E-state index in [1.807, 2.05) is 6.07 Å². The van der Waals surface area contributed by atoms with Gasteiger partial charge in [0.1, 0.15) is 5.82 Å². The topological polar surface area (TPSA) is 60.2 Å². The van der Waals surface area contributed by atoms with Crippen LogP contribution in [-0.2, 0) is 6.42 Å². The second-order valence-electron chi connectivity index (χ2n) is 3.12. The maximum absolute atomic E-state index is 12.8. The molecule has 0 aliphatic carbocycles. The van der Waals surface area contributed by atoms with E-state index in [9.17, 15) is 4.39 Å². The van der Waals surface area contributed by atoms with E-state index >= 15 is 0 Å². The van der Waals surface area contributed by atoms with Gasteiger partial charge in [-0.1, -0.05) is 12.1 Å². The standard InChI is InChI=1S/C11H13FN4/c1-14-11(16-8-13)15-6-5-9-3-2-4-10(12)7-9/h2-4,7H,5-6H2,1H3,(H2,14,15,16). The molecule has 0 unspecified atom stereocenters. The highest BCUT2D eigenvalue weighted by Gasteiger charge is 1.97. The zero-order valence-corrected chi connectivity index (χ0v) is 9.00. The number of guanidine groups is 1. The van der Waals surface area contributed by atoms with Crippen LogP contribution < -0.4 is 10.6 Å². The molecule has 0 radical (unpaired) electrons. The van der Waals surface area contributed by atoms with E-state index in [1.165, 1.54) is 12.1 Å². The van der Waals surface area contributed by atoms with E-state index in [1.54, 1.807) is 19.3 Å². The fourth-order valence-corrected chi connectivity index (χ4v) is 1.25. The number of hydrogen-bond donors (Lipinski definition) is 2. The third-order valence-corrected chi connectivity index (χ3v) is 1.99. The second kappa shape index (κ2) is 6.40. The highest BCUT2D eigenvalue weighted by atomic mass is 19.1. The van der Waals surface area contributed by atoms with Gasteiger partial charge in [-0.3, -0.25) is 10.3 Å². The van der Waals surface area contributed by atoms with Gasteiger partial charge in [-0.05, 0) is 24.1 Å². The van der Waals surface area contributed by atoms with E-state index in [0.29, 0.717) is 18.9 Å². The van der Waals surface area contributed by atoms with Crippen LogP contribution in [-0.4, -0.2) is 19.6 Å². The largest absolute Gasteiger partial charge is 0.355 e. The van der Waals surface area contributed by atoms with Crippen LogP contribution in [0, 0.1) is 17.3 Å². The number of nitrogens with one attached hydrogen (secondary N) is 2. The molecular weight excluding hydrogens is 207 g/mol. The van der Waals surface area contributed by atoms with Gasteiger partial charge in [-0.2, -0.15) is 5.26 Å². The van der Waals surface area contributed by atoms with Gasteiger partial charge < -0.3 is 5.32 Å². The third-order valence-electron chi connectivity index (χ3n) is 1.99. The zero-order chi connectivity index (χ0) is 11.8. The average molecular weight is 220 g/mol. The molecule has 0 aliphatic heterocycles. The SMILES string of the molecule is CN=C(NC#N)NCCc1cccc(F)c1. The quantitative estimate of drug-likeness (QED) is 0.346. The molecule has 16 heavy (non-hydrogen) atoms. The van der Waals surface area contributed by atoms with E-state index < -0.39 is 0 Å². The molecule has 0 heterocycles. The van der Waals surface area contributed by atoms with Crippen molar-refractivity contribution in [3.05, 3.63) is 35.6 Å². The molecule has 0 aromatic heterocycles. The Morgan fingerprint density at radius 2 is 2.38 bits per heavy atom. The molecule has 2 N–H and O–H groups in total. The van der Waals surface area contributed by atoms with Gasteiger partial charge in [0, 0.05) is 13.6 Å². The molecule has 0 spiro atoms. The first-order valence-corrected chi connectivity index (χ1v) is 4.86. The second-order valence-corrected chi connectivity index (χ2v) is 3.12. The van der Waals surface area contributed by atoms with Gasteiger partial charge in [-0.15, -0.1) is 0 Å². The maximum Gasteiger partial charge on any atom is 0.204 e. The molecule has 1 rings (SSSR count). The number of hydrogen-bond acceptors (Lipinski definition) is 2. The number of nitrogens with zero attached hydrogens (tertiary/aromatic N) is 2. The number of nitriles is 1. The Kier molecular flexibility index (Phi) is 4.80. The molecule has 0 atom stereocenters. The van der Waals surface area contributed by atoms with E-state index in [2.05, 4.69) is 15.6 Å². The molecule has 1 aromatic rings. The molecule has 0 bridgehead atoms. The molecule has 5 heteroatoms. The Balaban J connectivity index is 2.39. The smallest absolute Gasteiger partial charge is 0.204 e. The summed E-state index contributed by atoms with van der Waals surface area (Å²) in [7, 11) is 1.58. The van der Waals surface area contributed by atoms with Crippen LogP contribution >= 0.6 is 0 Å². The normalized spacial score (nSPS) is 10.7. The monoisotopic (exact) mass is 220 g/mol. The lowest BCUT2D eigenvalue weighted by atomic mass is 10.1. The van der Waals surface area contributed by atoms with Crippen molar-refractivity contribution in [2.75, 3.05) is 13.6 Å². The fourth-order valence-electron chi connectivity index (χ4n) is 1.25. The maximum atomic E-state index is 12.8. The summed E-state index contributed by atoms with van der Waals surface area (Å²) in [5, 5.41) is 13.7. The van der Waals surface area contributed by atoms with Crippen molar-refractivity contribution in [2.24, 2.45) is 4.99 Å². The van der Waals surface area contributed by atoms with Gasteiger partial charge in [-0.25, -0.2) is 4.39 Å². The van der Waals surface area contributed by atoms with E-state index in [4.69, 9.17) is 5.26 Å². The molecule has 0 saturated carbocycles. The average Bonchev–Trinajstić information content (AvgIpc) is 2.28. The Bertz CT molecular complexity index is 409. The van der Waals surface area contributed by atoms with Crippen molar-refractivity contribution in [2.45, 2.75) is 6.42 Å². The van der Waals surface area contributed by atoms with Crippen LogP contribution in [0.5, 0.6) is 0 Å². The van der Waals surface area contributed by atoms with Crippen molar-refractivity contribution in [1.82, 2.24) is 10.6 Å². The van der Waals surface area contributed by atoms with Gasteiger partial charge in [0.05, 0.1) is 0 Å². The predicted octanol–water partition coefficient (Wildman–Crippen LogP) is 1.01. The summed E-state index contributed by atoms with van der Waals surface area (Å²) in [6.07, 6.45) is 2.44. The van der Waals surface area contributed by atoms with Crippen molar-refractivity contribution in [3.63, 3.8) is 0 Å². The summed E-state index contributed by atoms with van der Waals surface area (Å²) < 4.78 is 12.8. The summed E-state index contributed by atoms with van der Waals surface area (Å²) in [5.74, 6) is 0.177. The minimum atomic E-state index is -0.239. The van der Waals surface area contributed by atoms with Crippen molar-refractivity contribution in [1.29, 1.82) is 5.26 Å². The number of benzene rings is 1. The van der Waals surface area contributed by atoms with Gasteiger partial charge in [0.2, 0.25) is 5.96 Å². The number of halogens is 1. The van der Waals surface area contributed by atoms with Crippen molar-refractivity contribution >= 4 is 5.96 Å². The highest BCUT2D eigenvalue weighted by molar-refractivity contribution is 5.80. The number of rotatable bonds is 3. The molecule has 0 saturated heterocycles. The Labute approximate surface area is 93.8 Å². The first-order valence-electron chi connectivity index (χ1n) is 4.86. The lowest BCUT2D eigenvalue weighted by molar-refractivity contribution is 0.625. The third kappa shape index (κ3) is 3.96. The van der Waals surface area contributed by atoms with Crippen LogP contribution in [0.3, 0.4) is 0 Å². The first-order chi connectivity index (χ1) is 7.76. The van der Waals surface area contributed by atoms with Crippen LogP contribution in [0.15, 0.2) is 29.3 Å². The van der Waals surface area contributed by atoms with Gasteiger partial charge in [0.25, 0.3) is 0 Å². The predicted molar refractivity (Wildman–Crippen MR) is 60.2 cm³/mol. The van der Waals surface area contributed by atoms with Crippen LogP contribution in [0.1, 0.15) is 5.56 Å². The van der Waals surface area contributed by atoms with E-state index in [-0.39, 0.29) is 5.82 Å². The summed E-state index contributed by atoms with van der Waals surface area (Å²) >= 11 is 0. The lowest BCUT2D eigenvalue weighted by Crippen LogP contribution is -2.35. The van der Waals surface area contributed by atoms with Crippen LogP contribution in [0.4, 0.5) is 4.39 Å². The van der Waals surface area contributed by atoms with Crippen LogP contribution in [0.25, 0.3) is 0 Å². The molecular formula is C11H13FN4. The molecule has 0 aliphatic rings. The Morgan fingerprint density at radius 1 is 1.56 bits per heavy atom. The molecule has 0 fully saturated rings. The van der Waals surface area contributed by atoms with Gasteiger partial charge >= 0.3 is 0 Å². The molecule has 1 aromatic carbocycles. The zero-order valence-electron chi connectivity index (χ0n) is 9.00. The van der Waals surface area contributed by atoms with Gasteiger partial charge in [0.15, 0.2) is 6.19 Å². The van der Waals surface area contributed by atoms with E-state index in [0.717, 1.165) is 5.56 Å². The highest BCUT2D eigenvalue weighted by Crippen LogP contribution is 2.03. The van der Waals surface area contributed by atoms with Crippen molar-refractivity contribution < 1.29 is 4.39 Å². The molecule has 0 amide bonds. The lowest BCUT2D eigenvalue weighted by Gasteiger charge is -2.06. The Morgan fingerprint density at radius 3 is 3.00 bits per heavy atom. The summed E-state index contributed by atoms with van der Waals surface area (Å²) in [4.78, 5) is 3.82. The van der Waals surface area contributed by atoms with Crippen LogP contribution in [0.2, 0.25) is 0 Å². The molecule has 84 valence electrons. The molecule has 4 nitrogen and oxygen atoms in total. The Hall–Kier alpha value is -2.09. The fraction of sp³-hybridized carbons (Fsp3) is 0.273.